The number of nitrogens with one attached hydrogen (secondary N) is 1. The molecule has 0 unspecified atom stereocenters. The highest BCUT2D eigenvalue weighted by Gasteiger charge is 2.25. The first kappa shape index (κ1) is 14.8. The molecule has 0 spiro atoms. The molecular weight excluding hydrogens is 274 g/mol. The predicted octanol–water partition coefficient (Wildman–Crippen LogP) is 3.68. The van der Waals surface area contributed by atoms with Crippen LogP contribution in [0.3, 0.4) is 0 Å². The van der Waals surface area contributed by atoms with E-state index in [1.165, 1.54) is 5.52 Å². The maximum atomic E-state index is 8.87. The minimum atomic E-state index is 0.502. The van der Waals surface area contributed by atoms with Crippen LogP contribution in [0.2, 0.25) is 0 Å². The fourth-order valence-corrected chi connectivity index (χ4v) is 3.58. The highest BCUT2D eigenvalue weighted by atomic mass is 15.1. The number of nitriles is 1. The number of aromatic nitrogens is 3. The lowest BCUT2D eigenvalue weighted by atomic mass is 9.84. The van der Waals surface area contributed by atoms with Gasteiger partial charge in [0.25, 0.3) is 0 Å². The van der Waals surface area contributed by atoms with Crippen molar-refractivity contribution in [3.8, 4) is 6.07 Å². The lowest BCUT2D eigenvalue weighted by Crippen LogP contribution is -2.19. The number of fused-ring (bicyclic) bond motifs is 1. The number of hydrogen-bond donors (Lipinski definition) is 1. The summed E-state index contributed by atoms with van der Waals surface area (Å²) in [6.45, 7) is 2.16. The Bertz CT molecular complexity index is 689. The monoisotopic (exact) mass is 297 g/mol. The van der Waals surface area contributed by atoms with Gasteiger partial charge < -0.3 is 9.88 Å². The Morgan fingerprint density at radius 1 is 1.36 bits per heavy atom. The average molecular weight is 297 g/mol. The largest absolute Gasteiger partial charge is 0.373 e. The second-order valence-electron chi connectivity index (χ2n) is 6.10. The summed E-state index contributed by atoms with van der Waals surface area (Å²) < 4.78 is 2.42. The molecule has 3 rings (SSSR count). The third-order valence-corrected chi connectivity index (χ3v) is 4.78. The number of pyridine rings is 1. The maximum Gasteiger partial charge on any atom is 0.127 e. The van der Waals surface area contributed by atoms with Crippen LogP contribution in [-0.4, -0.2) is 21.6 Å². The minimum absolute atomic E-state index is 0.502. The summed E-state index contributed by atoms with van der Waals surface area (Å²) in [5, 5.41) is 12.0. The molecule has 1 fully saturated rings. The molecule has 2 aromatic heterocycles. The van der Waals surface area contributed by atoms with Crippen LogP contribution in [0.15, 0.2) is 12.3 Å². The van der Waals surface area contributed by atoms with Crippen LogP contribution in [0.25, 0.3) is 11.0 Å². The van der Waals surface area contributed by atoms with Gasteiger partial charge in [-0.15, -0.1) is 0 Å². The number of aryl methyl sites for hydroxylation is 1. The molecule has 2 aromatic rings. The van der Waals surface area contributed by atoms with Crippen LogP contribution < -0.4 is 5.32 Å². The number of imidazole rings is 1. The molecule has 5 nitrogen and oxygen atoms in total. The summed E-state index contributed by atoms with van der Waals surface area (Å²) in [5.74, 6) is 2.61. The fraction of sp³-hybridized carbons (Fsp3) is 0.588. The zero-order chi connectivity index (χ0) is 15.5. The van der Waals surface area contributed by atoms with E-state index in [0.717, 1.165) is 49.3 Å². The molecule has 0 atom stereocenters. The zero-order valence-corrected chi connectivity index (χ0v) is 13.3. The van der Waals surface area contributed by atoms with E-state index in [9.17, 15) is 0 Å². The summed E-state index contributed by atoms with van der Waals surface area (Å²) in [6.07, 6.45) is 8.06. The van der Waals surface area contributed by atoms with Crippen molar-refractivity contribution in [2.45, 2.75) is 51.5 Å². The summed E-state index contributed by atoms with van der Waals surface area (Å²) in [7, 11) is 1.89. The van der Waals surface area contributed by atoms with E-state index in [1.54, 1.807) is 0 Å². The van der Waals surface area contributed by atoms with E-state index >= 15 is 0 Å². The highest BCUT2D eigenvalue weighted by Crippen LogP contribution is 2.36. The topological polar surface area (TPSA) is 66.5 Å². The average Bonchev–Trinajstić information content (AvgIpc) is 2.93. The third-order valence-electron chi connectivity index (χ3n) is 4.78. The molecule has 0 bridgehead atoms. The van der Waals surface area contributed by atoms with Crippen molar-refractivity contribution >= 4 is 16.9 Å². The molecule has 0 aliphatic heterocycles. The van der Waals surface area contributed by atoms with Crippen molar-refractivity contribution in [1.29, 1.82) is 5.26 Å². The Morgan fingerprint density at radius 3 is 2.77 bits per heavy atom. The van der Waals surface area contributed by atoms with Gasteiger partial charge in [0, 0.05) is 32.0 Å². The van der Waals surface area contributed by atoms with Gasteiger partial charge in [-0.2, -0.15) is 5.26 Å². The van der Waals surface area contributed by atoms with E-state index in [4.69, 9.17) is 10.2 Å². The summed E-state index contributed by atoms with van der Waals surface area (Å²) >= 11 is 0. The van der Waals surface area contributed by atoms with Gasteiger partial charge in [-0.3, -0.25) is 0 Å². The van der Waals surface area contributed by atoms with E-state index < -0.39 is 0 Å². The van der Waals surface area contributed by atoms with Gasteiger partial charge in [0.1, 0.15) is 17.2 Å². The van der Waals surface area contributed by atoms with Crippen LogP contribution in [0.4, 0.5) is 5.82 Å². The van der Waals surface area contributed by atoms with Crippen molar-refractivity contribution in [3.63, 3.8) is 0 Å². The molecule has 0 amide bonds. The summed E-state index contributed by atoms with van der Waals surface area (Å²) in [6, 6.07) is 4.92. The van der Waals surface area contributed by atoms with Crippen molar-refractivity contribution in [2.24, 2.45) is 5.92 Å². The Kier molecular flexibility index (Phi) is 4.28. The van der Waals surface area contributed by atoms with Crippen LogP contribution in [0.5, 0.6) is 0 Å². The molecule has 0 saturated heterocycles. The van der Waals surface area contributed by atoms with Gasteiger partial charge in [0.2, 0.25) is 0 Å². The fourth-order valence-electron chi connectivity index (χ4n) is 3.58. The molecular formula is C17H23N5. The molecule has 2 heterocycles. The quantitative estimate of drug-likeness (QED) is 0.934. The van der Waals surface area contributed by atoms with Crippen molar-refractivity contribution in [3.05, 3.63) is 18.1 Å². The smallest absolute Gasteiger partial charge is 0.127 e. The zero-order valence-electron chi connectivity index (χ0n) is 13.3. The van der Waals surface area contributed by atoms with Crippen LogP contribution in [0, 0.1) is 17.2 Å². The normalized spacial score (nSPS) is 21.7. The molecule has 0 aromatic carbocycles. The van der Waals surface area contributed by atoms with Crippen LogP contribution in [0.1, 0.15) is 50.9 Å². The number of nitrogens with zero attached hydrogens (tertiary/aromatic N) is 4. The molecule has 0 radical (unpaired) electrons. The minimum Gasteiger partial charge on any atom is -0.373 e. The molecule has 1 N–H and O–H groups in total. The van der Waals surface area contributed by atoms with E-state index in [2.05, 4.69) is 33.9 Å². The Balaban J connectivity index is 1.94. The van der Waals surface area contributed by atoms with Gasteiger partial charge in [0.05, 0.1) is 17.8 Å². The van der Waals surface area contributed by atoms with E-state index in [0.29, 0.717) is 18.4 Å². The highest BCUT2D eigenvalue weighted by molar-refractivity contribution is 5.78. The second kappa shape index (κ2) is 6.35. The lowest BCUT2D eigenvalue weighted by molar-refractivity contribution is 0.278. The summed E-state index contributed by atoms with van der Waals surface area (Å²) in [5.41, 5.74) is 2.16. The number of rotatable bonds is 4. The molecule has 1 aliphatic carbocycles. The third kappa shape index (κ3) is 2.66. The summed E-state index contributed by atoms with van der Waals surface area (Å²) in [4.78, 5) is 9.13. The lowest BCUT2D eigenvalue weighted by Gasteiger charge is -2.29. The number of hydrogen-bond acceptors (Lipinski definition) is 4. The maximum absolute atomic E-state index is 8.87. The van der Waals surface area contributed by atoms with Gasteiger partial charge in [0.15, 0.2) is 0 Å². The SMILES string of the molecule is CCc1nc2cnc(NC)cc2n1[C@H]1CC[C@H](CC#N)CC1. The number of anilines is 1. The van der Waals surface area contributed by atoms with Gasteiger partial charge >= 0.3 is 0 Å². The first-order chi connectivity index (χ1) is 10.8. The van der Waals surface area contributed by atoms with Gasteiger partial charge in [-0.1, -0.05) is 6.92 Å². The first-order valence-electron chi connectivity index (χ1n) is 8.18. The van der Waals surface area contributed by atoms with E-state index in [1.807, 2.05) is 13.2 Å². The van der Waals surface area contributed by atoms with Crippen molar-refractivity contribution in [1.82, 2.24) is 14.5 Å². The standard InChI is InChI=1S/C17H23N5/c1-3-17-21-14-11-20-16(19-2)10-15(14)22(17)13-6-4-12(5-7-13)8-9-18/h10-13H,3-8H2,1-2H3,(H,19,20)/t12-,13-. The Labute approximate surface area is 131 Å². The van der Waals surface area contributed by atoms with E-state index in [-0.39, 0.29) is 0 Å². The molecule has 116 valence electrons. The van der Waals surface area contributed by atoms with Gasteiger partial charge in [-0.05, 0) is 31.6 Å². The van der Waals surface area contributed by atoms with Crippen molar-refractivity contribution in [2.75, 3.05) is 12.4 Å². The predicted molar refractivity (Wildman–Crippen MR) is 87.7 cm³/mol. The van der Waals surface area contributed by atoms with Crippen molar-refractivity contribution < 1.29 is 0 Å². The second-order valence-corrected chi connectivity index (χ2v) is 6.10. The van der Waals surface area contributed by atoms with Crippen LogP contribution >= 0.6 is 0 Å². The molecule has 5 heteroatoms. The Hall–Kier alpha value is -2.09. The molecule has 1 saturated carbocycles. The van der Waals surface area contributed by atoms with Crippen LogP contribution in [-0.2, 0) is 6.42 Å². The Morgan fingerprint density at radius 2 is 2.14 bits per heavy atom. The van der Waals surface area contributed by atoms with Gasteiger partial charge in [-0.25, -0.2) is 9.97 Å². The first-order valence-corrected chi connectivity index (χ1v) is 8.18. The molecule has 1 aliphatic rings. The molecule has 22 heavy (non-hydrogen) atoms.